The van der Waals surface area contributed by atoms with Crippen molar-refractivity contribution >= 4 is 20.0 Å². The number of hydrogen-bond donors (Lipinski definition) is 2. The molecule has 0 spiro atoms. The number of esters is 1. The first kappa shape index (κ1) is 23.7. The van der Waals surface area contributed by atoms with Crippen molar-refractivity contribution in [1.29, 1.82) is 0 Å². The van der Waals surface area contributed by atoms with Gasteiger partial charge < -0.3 is 14.9 Å². The highest BCUT2D eigenvalue weighted by Gasteiger charge is 2.50. The highest BCUT2D eigenvalue weighted by Crippen LogP contribution is 2.64. The standard InChI is InChI=1S/C20H31NO7P/c1-19(2,3)27-16(22)11-12-21-18(23)17-20(4,5)14-26-29(24,28-17)25-13-15-9-7-6-8-10-15/h6-10,17,24H,11-14H2,1-5H3,(H,21,23)/t17-/m0/s1. The molecule has 0 aromatic heterocycles. The van der Waals surface area contributed by atoms with Crippen LogP contribution >= 0.6 is 8.17 Å². The minimum absolute atomic E-state index is 0.0383. The summed E-state index contributed by atoms with van der Waals surface area (Å²) in [6.45, 7) is 9.23. The summed E-state index contributed by atoms with van der Waals surface area (Å²) < 4.78 is 21.8. The van der Waals surface area contributed by atoms with Gasteiger partial charge in [-0.2, -0.15) is 0 Å². The normalized spacial score (nSPS) is 24.0. The number of nitrogens with one attached hydrogen (secondary N) is 1. The minimum atomic E-state index is -3.65. The van der Waals surface area contributed by atoms with E-state index in [1.165, 1.54) is 0 Å². The monoisotopic (exact) mass is 428 g/mol. The number of hydrogen-bond acceptors (Lipinski definition) is 7. The first-order valence-electron chi connectivity index (χ1n) is 9.53. The van der Waals surface area contributed by atoms with E-state index in [0.29, 0.717) is 0 Å². The maximum Gasteiger partial charge on any atom is 0.378 e. The summed E-state index contributed by atoms with van der Waals surface area (Å²) in [7, 11) is -3.65. The van der Waals surface area contributed by atoms with Crippen molar-refractivity contribution in [2.24, 2.45) is 5.41 Å². The van der Waals surface area contributed by atoms with Gasteiger partial charge in [0.05, 0.1) is 19.6 Å². The summed E-state index contributed by atoms with van der Waals surface area (Å²) in [6, 6.07) is 9.28. The Labute approximate surface area is 172 Å². The lowest BCUT2D eigenvalue weighted by molar-refractivity contribution is -0.154. The van der Waals surface area contributed by atoms with Crippen molar-refractivity contribution in [3.05, 3.63) is 35.9 Å². The van der Waals surface area contributed by atoms with Crippen LogP contribution in [0.1, 0.15) is 46.6 Å². The van der Waals surface area contributed by atoms with Crippen LogP contribution in [0.15, 0.2) is 30.3 Å². The Bertz CT molecular complexity index is 705. The maximum absolute atomic E-state index is 12.6. The largest absolute Gasteiger partial charge is 0.460 e. The third-order valence-electron chi connectivity index (χ3n) is 4.07. The van der Waals surface area contributed by atoms with E-state index in [1.54, 1.807) is 34.6 Å². The average Bonchev–Trinajstić information content (AvgIpc) is 2.62. The third kappa shape index (κ3) is 7.64. The Hall–Kier alpha value is -1.57. The van der Waals surface area contributed by atoms with Crippen LogP contribution < -0.4 is 5.32 Å². The molecule has 0 bridgehead atoms. The summed E-state index contributed by atoms with van der Waals surface area (Å²) in [6.07, 6.45) is -0.944. The molecule has 1 aliphatic heterocycles. The predicted octanol–water partition coefficient (Wildman–Crippen LogP) is 3.16. The van der Waals surface area contributed by atoms with E-state index in [1.807, 2.05) is 30.3 Å². The summed E-state index contributed by atoms with van der Waals surface area (Å²) >= 11 is 0. The van der Waals surface area contributed by atoms with Gasteiger partial charge in [0.2, 0.25) is 5.91 Å². The first-order chi connectivity index (χ1) is 13.4. The quantitative estimate of drug-likeness (QED) is 0.508. The molecule has 1 heterocycles. The Morgan fingerprint density at radius 3 is 2.55 bits per heavy atom. The zero-order chi connectivity index (χ0) is 21.7. The van der Waals surface area contributed by atoms with Gasteiger partial charge in [0.15, 0.2) is 6.10 Å². The van der Waals surface area contributed by atoms with Gasteiger partial charge in [0.25, 0.3) is 0 Å². The van der Waals surface area contributed by atoms with E-state index in [0.717, 1.165) is 5.56 Å². The van der Waals surface area contributed by atoms with Crippen LogP contribution in [0.4, 0.5) is 0 Å². The summed E-state index contributed by atoms with van der Waals surface area (Å²) in [5, 5.41) is 2.67. The molecule has 2 atom stereocenters. The maximum atomic E-state index is 12.6. The highest BCUT2D eigenvalue weighted by atomic mass is 31.2. The van der Waals surface area contributed by atoms with Crippen molar-refractivity contribution in [2.75, 3.05) is 13.2 Å². The fraction of sp³-hybridized carbons (Fsp3) is 0.600. The van der Waals surface area contributed by atoms with Gasteiger partial charge in [-0.25, -0.2) is 0 Å². The third-order valence-corrected chi connectivity index (χ3v) is 5.46. The van der Waals surface area contributed by atoms with Crippen LogP contribution in [0.3, 0.4) is 0 Å². The van der Waals surface area contributed by atoms with Crippen LogP contribution in [0, 0.1) is 5.41 Å². The minimum Gasteiger partial charge on any atom is -0.460 e. The Kier molecular flexibility index (Phi) is 7.76. The number of carbonyl (C=O) groups is 2. The average molecular weight is 428 g/mol. The molecule has 0 aliphatic carbocycles. The lowest BCUT2D eigenvalue weighted by atomic mass is 9.87. The molecular weight excluding hydrogens is 397 g/mol. The number of rotatable bonds is 7. The van der Waals surface area contributed by atoms with Crippen LogP contribution in [-0.4, -0.2) is 41.6 Å². The Morgan fingerprint density at radius 2 is 1.93 bits per heavy atom. The lowest BCUT2D eigenvalue weighted by Crippen LogP contribution is -2.50. The van der Waals surface area contributed by atoms with Crippen molar-refractivity contribution in [3.8, 4) is 0 Å². The SMILES string of the molecule is CC(C)(C)OC(=O)CCNC(=O)[C@@H]1O[P](O)(OCc2ccccc2)OCC1(C)C. The van der Waals surface area contributed by atoms with Gasteiger partial charge in [-0.15, -0.1) is 0 Å². The molecule has 9 heteroatoms. The fourth-order valence-corrected chi connectivity index (χ4v) is 4.26. The van der Waals surface area contributed by atoms with Gasteiger partial charge in [-0.1, -0.05) is 44.2 Å². The van der Waals surface area contributed by atoms with E-state index >= 15 is 0 Å². The molecule has 1 unspecified atom stereocenters. The van der Waals surface area contributed by atoms with E-state index in [9.17, 15) is 14.5 Å². The van der Waals surface area contributed by atoms with Gasteiger partial charge in [-0.3, -0.25) is 23.2 Å². The second kappa shape index (κ2) is 9.49. The molecule has 2 N–H and O–H groups in total. The molecule has 163 valence electrons. The molecule has 1 aromatic carbocycles. The van der Waals surface area contributed by atoms with Gasteiger partial charge in [-0.05, 0) is 26.3 Å². The molecule has 29 heavy (non-hydrogen) atoms. The van der Waals surface area contributed by atoms with Crippen LogP contribution in [0.25, 0.3) is 0 Å². The van der Waals surface area contributed by atoms with Crippen LogP contribution in [-0.2, 0) is 34.5 Å². The zero-order valence-electron chi connectivity index (χ0n) is 17.6. The van der Waals surface area contributed by atoms with Crippen molar-refractivity contribution in [1.82, 2.24) is 5.32 Å². The van der Waals surface area contributed by atoms with Gasteiger partial charge in [0, 0.05) is 12.0 Å². The first-order valence-corrected chi connectivity index (χ1v) is 11.0. The lowest BCUT2D eigenvalue weighted by Gasteiger charge is -2.44. The highest BCUT2D eigenvalue weighted by molar-refractivity contribution is 7.55. The molecule has 8 nitrogen and oxygen atoms in total. The topological polar surface area (TPSA) is 103 Å². The molecule has 2 rings (SSSR count). The van der Waals surface area contributed by atoms with E-state index < -0.39 is 37.2 Å². The van der Waals surface area contributed by atoms with E-state index in [-0.39, 0.29) is 26.2 Å². The van der Waals surface area contributed by atoms with Crippen LogP contribution in [0.5, 0.6) is 0 Å². The summed E-state index contributed by atoms with van der Waals surface area (Å²) in [5.74, 6) is -0.844. The number of amides is 1. The van der Waals surface area contributed by atoms with E-state index in [2.05, 4.69) is 5.32 Å². The Morgan fingerprint density at radius 1 is 1.28 bits per heavy atom. The van der Waals surface area contributed by atoms with Gasteiger partial charge >= 0.3 is 14.1 Å². The molecule has 1 saturated heterocycles. The van der Waals surface area contributed by atoms with Crippen LogP contribution in [0.2, 0.25) is 0 Å². The molecule has 1 aromatic rings. The van der Waals surface area contributed by atoms with Crippen molar-refractivity contribution in [3.63, 3.8) is 0 Å². The van der Waals surface area contributed by atoms with Gasteiger partial charge in [0.1, 0.15) is 5.60 Å². The molecular formula is C20H31NO7P. The summed E-state index contributed by atoms with van der Waals surface area (Å²) in [4.78, 5) is 35.1. The predicted molar refractivity (Wildman–Crippen MR) is 108 cm³/mol. The second-order valence-corrected chi connectivity index (χ2v) is 10.3. The Balaban J connectivity index is 1.91. The molecule has 1 aliphatic rings. The fourth-order valence-electron chi connectivity index (χ4n) is 2.60. The van der Waals surface area contributed by atoms with Crippen molar-refractivity contribution < 1.29 is 32.8 Å². The molecule has 1 amide bonds. The van der Waals surface area contributed by atoms with E-state index in [4.69, 9.17) is 18.3 Å². The zero-order valence-corrected chi connectivity index (χ0v) is 18.5. The number of carbonyl (C=O) groups excluding carboxylic acids is 2. The number of ether oxygens (including phenoxy) is 1. The smallest absolute Gasteiger partial charge is 0.378 e. The second-order valence-electron chi connectivity index (χ2n) is 8.60. The number of benzene rings is 1. The molecule has 1 radical (unpaired) electrons. The van der Waals surface area contributed by atoms with Crippen molar-refractivity contribution in [2.45, 2.75) is 59.4 Å². The summed E-state index contributed by atoms with van der Waals surface area (Å²) in [5.41, 5.74) is -0.418. The molecule has 0 saturated carbocycles. The molecule has 1 fully saturated rings.